The van der Waals surface area contributed by atoms with Crippen molar-refractivity contribution < 1.29 is 9.36 Å². The molecule has 0 atom stereocenters. The number of aromatic amines is 2. The predicted molar refractivity (Wildman–Crippen MR) is 134 cm³/mol. The summed E-state index contributed by atoms with van der Waals surface area (Å²) in [5.74, 6) is 0.100. The highest BCUT2D eigenvalue weighted by Crippen LogP contribution is 2.19. The van der Waals surface area contributed by atoms with Gasteiger partial charge >= 0.3 is 5.16 Å². The van der Waals surface area contributed by atoms with Crippen molar-refractivity contribution in [2.45, 2.75) is 18.6 Å². The molecule has 0 aliphatic heterocycles. The van der Waals surface area contributed by atoms with Gasteiger partial charge in [0.25, 0.3) is 5.91 Å². The molecule has 0 aliphatic carbocycles. The number of aromatic nitrogens is 3. The number of imidazole rings is 1. The van der Waals surface area contributed by atoms with E-state index in [9.17, 15) is 4.79 Å². The van der Waals surface area contributed by atoms with Gasteiger partial charge in [-0.3, -0.25) is 4.79 Å². The Hall–Kier alpha value is -3.84. The third-order valence-electron chi connectivity index (χ3n) is 5.50. The van der Waals surface area contributed by atoms with Crippen LogP contribution >= 0.6 is 11.8 Å². The van der Waals surface area contributed by atoms with Crippen molar-refractivity contribution in [1.29, 1.82) is 0 Å². The first-order valence-electron chi connectivity index (χ1n) is 10.7. The van der Waals surface area contributed by atoms with E-state index in [0.29, 0.717) is 0 Å². The summed E-state index contributed by atoms with van der Waals surface area (Å²) in [5.41, 5.74) is 9.22. The average molecular weight is 455 g/mol. The number of carbonyl (C=O) groups is 1. The van der Waals surface area contributed by atoms with Crippen LogP contribution in [0.5, 0.6) is 0 Å². The number of aryl methyl sites for hydroxylation is 1. The van der Waals surface area contributed by atoms with E-state index in [-0.39, 0.29) is 11.7 Å². The molecule has 3 N–H and O–H groups in total. The molecule has 0 aliphatic rings. The van der Waals surface area contributed by atoms with Crippen LogP contribution in [0.4, 0.5) is 0 Å². The van der Waals surface area contributed by atoms with Crippen LogP contribution in [0, 0.1) is 6.92 Å². The summed E-state index contributed by atoms with van der Waals surface area (Å²) in [6.45, 7) is 2.82. The topological polar surface area (TPSA) is 76.9 Å². The largest absolute Gasteiger partial charge is 0.361 e. The first-order valence-corrected chi connectivity index (χ1v) is 11.7. The molecule has 2 aromatic heterocycles. The summed E-state index contributed by atoms with van der Waals surface area (Å²) in [6.07, 6.45) is 3.55. The molecule has 0 bridgehead atoms. The van der Waals surface area contributed by atoms with Crippen LogP contribution in [0.2, 0.25) is 0 Å². The zero-order chi connectivity index (χ0) is 22.6. The number of fused-ring (bicyclic) bond motifs is 2. The number of H-pyrrole nitrogens is 2. The van der Waals surface area contributed by atoms with Crippen molar-refractivity contribution in [1.82, 2.24) is 15.4 Å². The number of para-hydroxylation sites is 3. The van der Waals surface area contributed by atoms with Gasteiger partial charge in [0.15, 0.2) is 11.0 Å². The van der Waals surface area contributed by atoms with Gasteiger partial charge in [-0.2, -0.15) is 5.10 Å². The molecular weight excluding hydrogens is 430 g/mol. The van der Waals surface area contributed by atoms with Crippen molar-refractivity contribution in [3.05, 3.63) is 95.7 Å². The van der Waals surface area contributed by atoms with E-state index in [0.717, 1.165) is 39.2 Å². The fraction of sp³-hybridized carbons (Fsp3) is 0.115. The molecule has 2 heterocycles. The lowest BCUT2D eigenvalue weighted by molar-refractivity contribution is -0.700. The Balaban J connectivity index is 1.27. The average Bonchev–Trinajstić information content (AvgIpc) is 3.41. The van der Waals surface area contributed by atoms with Gasteiger partial charge in [-0.25, -0.2) is 15.0 Å². The van der Waals surface area contributed by atoms with Gasteiger partial charge in [0.1, 0.15) is 6.54 Å². The Morgan fingerprint density at radius 3 is 2.64 bits per heavy atom. The summed E-state index contributed by atoms with van der Waals surface area (Å²) in [4.78, 5) is 19.1. The summed E-state index contributed by atoms with van der Waals surface area (Å²) >= 11 is 1.47. The van der Waals surface area contributed by atoms with E-state index in [4.69, 9.17) is 0 Å². The van der Waals surface area contributed by atoms with E-state index in [2.05, 4.69) is 68.4 Å². The minimum atomic E-state index is -0.156. The van der Waals surface area contributed by atoms with Crippen molar-refractivity contribution in [3.63, 3.8) is 0 Å². The smallest absolute Gasteiger partial charge is 0.317 e. The summed E-state index contributed by atoms with van der Waals surface area (Å²) in [5, 5.41) is 6.15. The maximum Gasteiger partial charge on any atom is 0.317 e. The van der Waals surface area contributed by atoms with Gasteiger partial charge in [-0.15, -0.1) is 0 Å². The van der Waals surface area contributed by atoms with E-state index >= 15 is 0 Å². The minimum Gasteiger partial charge on any atom is -0.361 e. The molecular formula is C26H24N5OS+. The molecule has 6 nitrogen and oxygen atoms in total. The minimum absolute atomic E-state index is 0.156. The van der Waals surface area contributed by atoms with Crippen LogP contribution < -0.4 is 9.99 Å². The van der Waals surface area contributed by atoms with Gasteiger partial charge in [-0.05, 0) is 42.4 Å². The molecule has 7 heteroatoms. The lowest BCUT2D eigenvalue weighted by Gasteiger charge is -2.03. The molecule has 0 unspecified atom stereocenters. The lowest BCUT2D eigenvalue weighted by Crippen LogP contribution is -2.36. The Morgan fingerprint density at radius 1 is 1.03 bits per heavy atom. The van der Waals surface area contributed by atoms with Crippen LogP contribution in [-0.4, -0.2) is 27.8 Å². The number of carbonyl (C=O) groups excluding carboxylic acids is 1. The fourth-order valence-electron chi connectivity index (χ4n) is 3.79. The monoisotopic (exact) mass is 454 g/mol. The highest BCUT2D eigenvalue weighted by molar-refractivity contribution is 7.99. The van der Waals surface area contributed by atoms with Crippen LogP contribution in [-0.2, 0) is 11.3 Å². The Labute approximate surface area is 195 Å². The van der Waals surface area contributed by atoms with Gasteiger partial charge in [0.2, 0.25) is 0 Å². The molecule has 0 radical (unpaired) electrons. The zero-order valence-electron chi connectivity index (χ0n) is 18.2. The van der Waals surface area contributed by atoms with Crippen molar-refractivity contribution >= 4 is 45.8 Å². The number of amides is 1. The molecule has 5 aromatic rings. The highest BCUT2D eigenvalue weighted by Gasteiger charge is 2.20. The van der Waals surface area contributed by atoms with Crippen LogP contribution in [0.3, 0.4) is 0 Å². The number of hydrogen-bond acceptors (Lipinski definition) is 3. The third kappa shape index (κ3) is 4.68. The number of hydrogen-bond donors (Lipinski definition) is 3. The number of rotatable bonds is 7. The number of nitrogens with zero attached hydrogens (tertiary/aromatic N) is 2. The van der Waals surface area contributed by atoms with E-state index in [1.807, 2.05) is 42.6 Å². The van der Waals surface area contributed by atoms with Gasteiger partial charge in [0, 0.05) is 22.7 Å². The Kier molecular flexibility index (Phi) is 5.95. The maximum absolute atomic E-state index is 12.5. The molecule has 1 amide bonds. The SMILES string of the molecule is Cc1ccc(C[n+]2c(SCC(=O)N/N=C/c3c[nH]c4ccccc34)[nH]c3ccccc32)cc1. The molecule has 164 valence electrons. The number of thioether (sulfide) groups is 1. The number of benzene rings is 3. The molecule has 0 fully saturated rings. The summed E-state index contributed by atoms with van der Waals surface area (Å²) in [6, 6.07) is 24.7. The van der Waals surface area contributed by atoms with Crippen LogP contribution in [0.1, 0.15) is 16.7 Å². The second kappa shape index (κ2) is 9.34. The zero-order valence-corrected chi connectivity index (χ0v) is 19.0. The van der Waals surface area contributed by atoms with Crippen LogP contribution in [0.25, 0.3) is 21.9 Å². The van der Waals surface area contributed by atoms with E-state index in [1.165, 1.54) is 22.9 Å². The molecule has 0 spiro atoms. The highest BCUT2D eigenvalue weighted by atomic mass is 32.2. The van der Waals surface area contributed by atoms with Crippen molar-refractivity contribution in [2.75, 3.05) is 5.75 Å². The Bertz CT molecular complexity index is 1450. The number of hydrazone groups is 1. The van der Waals surface area contributed by atoms with Crippen molar-refractivity contribution in [2.24, 2.45) is 5.10 Å². The molecule has 0 saturated carbocycles. The second-order valence-corrected chi connectivity index (χ2v) is 8.85. The van der Waals surface area contributed by atoms with Gasteiger partial charge < -0.3 is 4.98 Å². The second-order valence-electron chi connectivity index (χ2n) is 7.89. The van der Waals surface area contributed by atoms with Crippen molar-refractivity contribution in [3.8, 4) is 0 Å². The van der Waals surface area contributed by atoms with E-state index < -0.39 is 0 Å². The third-order valence-corrected chi connectivity index (χ3v) is 6.50. The van der Waals surface area contributed by atoms with Gasteiger partial charge in [-0.1, -0.05) is 60.2 Å². The molecule has 5 rings (SSSR count). The fourth-order valence-corrected chi connectivity index (χ4v) is 4.63. The summed E-state index contributed by atoms with van der Waals surface area (Å²) < 4.78 is 2.22. The van der Waals surface area contributed by atoms with Crippen LogP contribution in [0.15, 0.2) is 89.3 Å². The maximum atomic E-state index is 12.5. The standard InChI is InChI=1S/C26H23N5OS/c1-18-10-12-19(13-11-18)16-31-24-9-5-4-8-23(24)29-26(31)33-17-25(32)30-28-15-20-14-27-22-7-3-2-6-21(20)22/h2-15H,16-17H2,1H3,(H2,27,28,30,32)/p+1. The first-order chi connectivity index (χ1) is 16.2. The normalized spacial score (nSPS) is 11.5. The number of nitrogens with one attached hydrogen (secondary N) is 3. The Morgan fingerprint density at radius 2 is 1.79 bits per heavy atom. The quantitative estimate of drug-likeness (QED) is 0.146. The molecule has 0 saturated heterocycles. The van der Waals surface area contributed by atoms with E-state index in [1.54, 1.807) is 6.21 Å². The lowest BCUT2D eigenvalue weighted by atomic mass is 10.1. The molecule has 3 aromatic carbocycles. The molecule has 33 heavy (non-hydrogen) atoms. The first kappa shape index (κ1) is 21.0. The van der Waals surface area contributed by atoms with Gasteiger partial charge in [0.05, 0.1) is 12.0 Å². The predicted octanol–water partition coefficient (Wildman–Crippen LogP) is 4.54. The summed E-state index contributed by atoms with van der Waals surface area (Å²) in [7, 11) is 0.